The van der Waals surface area contributed by atoms with E-state index in [1.54, 1.807) is 25.1 Å². The number of hydrogen-bond donors (Lipinski definition) is 2. The second kappa shape index (κ2) is 5.80. The van der Waals surface area contributed by atoms with Gasteiger partial charge in [0.2, 0.25) is 0 Å². The quantitative estimate of drug-likeness (QED) is 0.670. The molecule has 0 heterocycles. The number of benzene rings is 2. The van der Waals surface area contributed by atoms with Crippen LogP contribution in [-0.4, -0.2) is 15.9 Å². The van der Waals surface area contributed by atoms with E-state index in [0.29, 0.717) is 10.7 Å². The van der Waals surface area contributed by atoms with Gasteiger partial charge in [0.25, 0.3) is 11.6 Å². The second-order valence-corrected chi connectivity index (χ2v) is 4.81. The first kappa shape index (κ1) is 14.8. The van der Waals surface area contributed by atoms with Crippen LogP contribution in [0.3, 0.4) is 0 Å². The van der Waals surface area contributed by atoms with Crippen LogP contribution in [0.4, 0.5) is 11.4 Å². The highest BCUT2D eigenvalue weighted by molar-refractivity contribution is 6.31. The van der Waals surface area contributed by atoms with Crippen molar-refractivity contribution >= 4 is 28.9 Å². The molecule has 0 unspecified atom stereocenters. The molecule has 0 aliphatic heterocycles. The number of carbonyl (C=O) groups excluding carboxylic acids is 1. The van der Waals surface area contributed by atoms with Gasteiger partial charge in [-0.3, -0.25) is 14.9 Å². The summed E-state index contributed by atoms with van der Waals surface area (Å²) in [5.74, 6) is -0.987. The third-order valence-corrected chi connectivity index (χ3v) is 3.12. The molecule has 0 fully saturated rings. The van der Waals surface area contributed by atoms with E-state index in [9.17, 15) is 20.0 Å². The molecule has 0 saturated heterocycles. The number of phenolic OH excluding ortho intramolecular Hbond substituents is 1. The molecule has 1 amide bonds. The fourth-order valence-electron chi connectivity index (χ4n) is 1.74. The van der Waals surface area contributed by atoms with Crippen LogP contribution in [0.1, 0.15) is 15.9 Å². The van der Waals surface area contributed by atoms with Crippen molar-refractivity contribution in [3.05, 3.63) is 62.7 Å². The smallest absolute Gasteiger partial charge is 0.270 e. The summed E-state index contributed by atoms with van der Waals surface area (Å²) in [6.07, 6.45) is 0. The van der Waals surface area contributed by atoms with Gasteiger partial charge in [-0.25, -0.2) is 0 Å². The van der Waals surface area contributed by atoms with Crippen molar-refractivity contribution in [2.75, 3.05) is 5.32 Å². The minimum Gasteiger partial charge on any atom is -0.507 e. The zero-order valence-corrected chi connectivity index (χ0v) is 11.7. The number of hydrogen-bond acceptors (Lipinski definition) is 4. The van der Waals surface area contributed by atoms with Crippen LogP contribution in [0.15, 0.2) is 36.4 Å². The van der Waals surface area contributed by atoms with Crippen molar-refractivity contribution in [2.45, 2.75) is 6.92 Å². The summed E-state index contributed by atoms with van der Waals surface area (Å²) < 4.78 is 0. The number of nitrogens with one attached hydrogen (secondary N) is 1. The summed E-state index contributed by atoms with van der Waals surface area (Å²) in [6.45, 7) is 1.78. The van der Waals surface area contributed by atoms with Crippen molar-refractivity contribution in [2.24, 2.45) is 0 Å². The average Bonchev–Trinajstić information content (AvgIpc) is 2.43. The Morgan fingerprint density at radius 1 is 1.29 bits per heavy atom. The molecule has 21 heavy (non-hydrogen) atoms. The molecule has 0 aromatic heterocycles. The highest BCUT2D eigenvalue weighted by atomic mass is 35.5. The molecular weight excluding hydrogens is 296 g/mol. The Kier molecular flexibility index (Phi) is 4.09. The fraction of sp³-hybridized carbons (Fsp3) is 0.0714. The van der Waals surface area contributed by atoms with Crippen LogP contribution in [-0.2, 0) is 0 Å². The molecular formula is C14H11ClN2O4. The van der Waals surface area contributed by atoms with Crippen LogP contribution in [0.5, 0.6) is 5.75 Å². The minimum atomic E-state index is -0.651. The molecule has 7 heteroatoms. The maximum Gasteiger partial charge on any atom is 0.270 e. The van der Waals surface area contributed by atoms with Gasteiger partial charge in [0.05, 0.1) is 10.5 Å². The summed E-state index contributed by atoms with van der Waals surface area (Å²) >= 11 is 5.85. The van der Waals surface area contributed by atoms with E-state index in [1.165, 1.54) is 0 Å². The summed E-state index contributed by atoms with van der Waals surface area (Å²) in [5.41, 5.74) is 0.792. The van der Waals surface area contributed by atoms with Gasteiger partial charge in [-0.15, -0.1) is 0 Å². The number of carbonyl (C=O) groups is 1. The molecule has 2 aromatic carbocycles. The number of non-ortho nitro benzene ring substituents is 1. The molecule has 108 valence electrons. The Morgan fingerprint density at radius 2 is 2.00 bits per heavy atom. The zero-order chi connectivity index (χ0) is 15.6. The number of rotatable bonds is 3. The maximum atomic E-state index is 12.1. The third kappa shape index (κ3) is 3.29. The number of nitro benzene ring substituents is 1. The Morgan fingerprint density at radius 3 is 2.67 bits per heavy atom. The van der Waals surface area contributed by atoms with Crippen LogP contribution < -0.4 is 5.32 Å². The number of phenols is 1. The molecule has 0 bridgehead atoms. The SMILES string of the molecule is Cc1ccc(Cl)cc1NC(=O)c1cc([N+](=O)[O-])ccc1O. The molecule has 0 aliphatic rings. The number of halogens is 1. The summed E-state index contributed by atoms with van der Waals surface area (Å²) in [4.78, 5) is 22.2. The zero-order valence-electron chi connectivity index (χ0n) is 11.0. The van der Waals surface area contributed by atoms with Crippen LogP contribution in [0, 0.1) is 17.0 Å². The Hall–Kier alpha value is -2.60. The van der Waals surface area contributed by atoms with Gasteiger partial charge in [0.1, 0.15) is 5.75 Å². The predicted octanol–water partition coefficient (Wildman–Crippen LogP) is 3.51. The van der Waals surface area contributed by atoms with Gasteiger partial charge >= 0.3 is 0 Å². The Balaban J connectivity index is 2.34. The van der Waals surface area contributed by atoms with Crippen molar-refractivity contribution in [1.29, 1.82) is 0 Å². The lowest BCUT2D eigenvalue weighted by atomic mass is 10.1. The van der Waals surface area contributed by atoms with Gasteiger partial charge in [-0.1, -0.05) is 17.7 Å². The van der Waals surface area contributed by atoms with Crippen LogP contribution in [0.25, 0.3) is 0 Å². The molecule has 0 saturated carbocycles. The van der Waals surface area contributed by atoms with E-state index in [4.69, 9.17) is 11.6 Å². The third-order valence-electron chi connectivity index (χ3n) is 2.88. The first-order chi connectivity index (χ1) is 9.88. The van der Waals surface area contributed by atoms with E-state index >= 15 is 0 Å². The summed E-state index contributed by atoms with van der Waals surface area (Å²) in [7, 11) is 0. The lowest BCUT2D eigenvalue weighted by molar-refractivity contribution is -0.384. The Bertz CT molecular complexity index is 731. The monoisotopic (exact) mass is 306 g/mol. The fourth-order valence-corrected chi connectivity index (χ4v) is 1.91. The highest BCUT2D eigenvalue weighted by Crippen LogP contribution is 2.25. The van der Waals surface area contributed by atoms with Crippen LogP contribution >= 0.6 is 11.6 Å². The van der Waals surface area contributed by atoms with Gasteiger partial charge in [-0.05, 0) is 30.7 Å². The summed E-state index contributed by atoms with van der Waals surface area (Å²) in [5, 5.41) is 23.4. The highest BCUT2D eigenvalue weighted by Gasteiger charge is 2.17. The van der Waals surface area contributed by atoms with Gasteiger partial charge in [0.15, 0.2) is 0 Å². The number of aromatic hydroxyl groups is 1. The topological polar surface area (TPSA) is 92.5 Å². The first-order valence-electron chi connectivity index (χ1n) is 5.93. The van der Waals surface area contributed by atoms with Gasteiger partial charge < -0.3 is 10.4 Å². The Labute approximate surface area is 125 Å². The number of nitro groups is 1. The van der Waals surface area contributed by atoms with Crippen LogP contribution in [0.2, 0.25) is 5.02 Å². The van der Waals surface area contributed by atoms with E-state index in [0.717, 1.165) is 23.8 Å². The minimum absolute atomic E-state index is 0.177. The standard InChI is InChI=1S/C14H11ClN2O4/c1-8-2-3-9(15)6-12(8)16-14(19)11-7-10(17(20)21)4-5-13(11)18/h2-7,18H,1H3,(H,16,19). The van der Waals surface area contributed by atoms with E-state index in [2.05, 4.69) is 5.32 Å². The number of anilines is 1. The molecule has 2 rings (SSSR count). The van der Waals surface area contributed by atoms with Crippen molar-refractivity contribution in [3.8, 4) is 5.75 Å². The molecule has 6 nitrogen and oxygen atoms in total. The lowest BCUT2D eigenvalue weighted by Crippen LogP contribution is -2.13. The normalized spacial score (nSPS) is 10.2. The van der Waals surface area contributed by atoms with Crippen molar-refractivity contribution in [3.63, 3.8) is 0 Å². The molecule has 0 spiro atoms. The molecule has 2 aromatic rings. The molecule has 2 N–H and O–H groups in total. The predicted molar refractivity (Wildman–Crippen MR) is 78.9 cm³/mol. The average molecular weight is 307 g/mol. The largest absolute Gasteiger partial charge is 0.507 e. The van der Waals surface area contributed by atoms with Gasteiger partial charge in [0, 0.05) is 22.8 Å². The molecule has 0 aliphatic carbocycles. The maximum absolute atomic E-state index is 12.1. The van der Waals surface area contributed by atoms with Crippen molar-refractivity contribution < 1.29 is 14.8 Å². The van der Waals surface area contributed by atoms with Crippen molar-refractivity contribution in [1.82, 2.24) is 0 Å². The number of nitrogens with zero attached hydrogens (tertiary/aromatic N) is 1. The lowest BCUT2D eigenvalue weighted by Gasteiger charge is -2.09. The number of aryl methyl sites for hydroxylation is 1. The summed E-state index contributed by atoms with van der Waals surface area (Å²) in [6, 6.07) is 8.21. The second-order valence-electron chi connectivity index (χ2n) is 4.37. The molecule has 0 atom stereocenters. The van der Waals surface area contributed by atoms with E-state index in [1.807, 2.05) is 0 Å². The van der Waals surface area contributed by atoms with E-state index in [-0.39, 0.29) is 17.0 Å². The number of amides is 1. The van der Waals surface area contributed by atoms with E-state index < -0.39 is 10.8 Å². The first-order valence-corrected chi connectivity index (χ1v) is 6.31. The van der Waals surface area contributed by atoms with Gasteiger partial charge in [-0.2, -0.15) is 0 Å². The molecule has 0 radical (unpaired) electrons.